The fourth-order valence-corrected chi connectivity index (χ4v) is 11.7. The Morgan fingerprint density at radius 3 is 2.38 bits per heavy atom. The van der Waals surface area contributed by atoms with Crippen molar-refractivity contribution in [2.45, 2.75) is 91.8 Å². The molecule has 3 fully saturated rings. The van der Waals surface area contributed by atoms with Gasteiger partial charge in [0.1, 0.15) is 35.8 Å². The van der Waals surface area contributed by atoms with Gasteiger partial charge in [-0.2, -0.15) is 5.26 Å². The van der Waals surface area contributed by atoms with Crippen LogP contribution in [0.2, 0.25) is 5.02 Å². The number of rotatable bonds is 15. The van der Waals surface area contributed by atoms with E-state index in [9.17, 15) is 24.8 Å². The highest BCUT2D eigenvalue weighted by molar-refractivity contribution is 7.13. The number of ether oxygens (including phenoxy) is 2. The van der Waals surface area contributed by atoms with Gasteiger partial charge in [0.15, 0.2) is 0 Å². The van der Waals surface area contributed by atoms with Crippen molar-refractivity contribution in [2.75, 3.05) is 57.4 Å². The maximum atomic E-state index is 14.1. The van der Waals surface area contributed by atoms with Gasteiger partial charge in [0.25, 0.3) is 5.91 Å². The Morgan fingerprint density at radius 2 is 1.74 bits per heavy atom. The number of hydrogen-bond donors (Lipinski definition) is 4. The summed E-state index contributed by atoms with van der Waals surface area (Å²) in [6.45, 7) is 19.5. The Bertz CT molecular complexity index is 2550. The van der Waals surface area contributed by atoms with Gasteiger partial charge < -0.3 is 40.3 Å². The summed E-state index contributed by atoms with van der Waals surface area (Å²) >= 11 is 7.85. The van der Waals surface area contributed by atoms with Crippen LogP contribution in [0.4, 0.5) is 5.82 Å². The summed E-state index contributed by atoms with van der Waals surface area (Å²) in [5.41, 5.74) is 5.23. The van der Waals surface area contributed by atoms with Crippen LogP contribution >= 0.6 is 22.9 Å². The first-order chi connectivity index (χ1) is 32.3. The van der Waals surface area contributed by atoms with Gasteiger partial charge in [-0.25, -0.2) is 9.97 Å². The average molecular weight is 965 g/mol. The molecule has 2 aromatic carbocycles. The number of carbonyl (C=O) groups excluding carboxylic acids is 3. The number of aryl methyl sites for hydroxylation is 1. The van der Waals surface area contributed by atoms with Crippen molar-refractivity contribution in [1.29, 1.82) is 5.26 Å². The molecule has 3 amide bonds. The number of carbonyl (C=O) groups is 3. The Labute approximate surface area is 407 Å². The fraction of sp³-hybridized carbons (Fsp3) is 0.490. The molecule has 4 N–H and O–H groups in total. The third-order valence-electron chi connectivity index (χ3n) is 14.1. The van der Waals surface area contributed by atoms with Gasteiger partial charge in [-0.1, -0.05) is 83.5 Å². The molecule has 1 saturated carbocycles. The Balaban J connectivity index is 0.748. The quantitative estimate of drug-likeness (QED) is 0.103. The Kier molecular flexibility index (Phi) is 14.2. The molecular weight excluding hydrogens is 902 g/mol. The zero-order valence-electron chi connectivity index (χ0n) is 39.8. The summed E-state index contributed by atoms with van der Waals surface area (Å²) in [6.07, 6.45) is 2.87. The van der Waals surface area contributed by atoms with E-state index in [0.717, 1.165) is 65.9 Å². The molecule has 1 aliphatic carbocycles. The van der Waals surface area contributed by atoms with Crippen molar-refractivity contribution < 1.29 is 29.0 Å². The van der Waals surface area contributed by atoms with Crippen LogP contribution in [-0.2, 0) is 20.9 Å². The van der Waals surface area contributed by atoms with E-state index in [4.69, 9.17) is 21.1 Å². The molecule has 2 saturated heterocycles. The minimum atomic E-state index is -0.784. The lowest BCUT2D eigenvalue weighted by Crippen LogP contribution is -2.74. The van der Waals surface area contributed by atoms with Gasteiger partial charge in [-0.15, -0.1) is 11.3 Å². The Morgan fingerprint density at radius 1 is 1.00 bits per heavy atom. The number of β-amino-alcohol motifs (C(OH)–C–C–N with tert-alkyl or cyclic N) is 1. The van der Waals surface area contributed by atoms with Crippen molar-refractivity contribution in [3.05, 3.63) is 105 Å². The summed E-state index contributed by atoms with van der Waals surface area (Å²) in [4.78, 5) is 57.2. The van der Waals surface area contributed by atoms with E-state index in [1.54, 1.807) is 35.7 Å². The molecule has 0 unspecified atom stereocenters. The molecule has 5 heterocycles. The van der Waals surface area contributed by atoms with E-state index in [-0.39, 0.29) is 53.7 Å². The number of benzene rings is 2. The molecule has 17 heteroatoms. The fourth-order valence-electron chi connectivity index (χ4n) is 10.6. The van der Waals surface area contributed by atoms with E-state index in [0.29, 0.717) is 41.7 Å². The molecule has 68 heavy (non-hydrogen) atoms. The maximum Gasteiger partial charge on any atom is 0.253 e. The third-order valence-corrected chi connectivity index (χ3v) is 15.4. The van der Waals surface area contributed by atoms with Crippen molar-refractivity contribution in [1.82, 2.24) is 35.7 Å². The van der Waals surface area contributed by atoms with Crippen molar-refractivity contribution in [2.24, 2.45) is 16.2 Å². The highest BCUT2D eigenvalue weighted by atomic mass is 35.5. The molecule has 4 aliphatic rings. The first kappa shape index (κ1) is 48.9. The van der Waals surface area contributed by atoms with Gasteiger partial charge in [-0.3, -0.25) is 19.3 Å². The van der Waals surface area contributed by atoms with E-state index < -0.39 is 23.6 Å². The number of aliphatic hydroxyl groups excluding tert-OH is 1. The SMILES string of the molecule is Cc1ncsc1-c1ccc(CNC(=O)[C@@H]2C[C@@H](O)CN2C(=O)[C@H]2NC(COCCN3CCN(c4ccc(C(=O)NC5C(C)(C)C(Oc6ccc(C#N)c(Cl)c6)C5(C)C)cn4)CC3)=CC2(C)C)cc1. The first-order valence-electron chi connectivity index (χ1n) is 23.3. The number of nitriles is 1. The van der Waals surface area contributed by atoms with Crippen molar-refractivity contribution in [3.8, 4) is 22.3 Å². The lowest BCUT2D eigenvalue weighted by Gasteiger charge is -2.63. The molecule has 3 aliphatic heterocycles. The molecule has 2 aromatic heterocycles. The predicted molar refractivity (Wildman–Crippen MR) is 262 cm³/mol. The number of likely N-dealkylation sites (tertiary alicyclic amines) is 1. The van der Waals surface area contributed by atoms with Crippen LogP contribution in [0.3, 0.4) is 0 Å². The molecule has 3 atom stereocenters. The van der Waals surface area contributed by atoms with Crippen LogP contribution in [0.25, 0.3) is 10.4 Å². The largest absolute Gasteiger partial charge is 0.489 e. The molecule has 15 nitrogen and oxygen atoms in total. The number of halogens is 1. The number of nitrogens with zero attached hydrogens (tertiary/aromatic N) is 6. The van der Waals surface area contributed by atoms with Crippen LogP contribution in [0, 0.1) is 34.5 Å². The van der Waals surface area contributed by atoms with Crippen LogP contribution in [0.15, 0.2) is 78.1 Å². The van der Waals surface area contributed by atoms with Crippen LogP contribution in [0.1, 0.15) is 75.1 Å². The van der Waals surface area contributed by atoms with Gasteiger partial charge >= 0.3 is 0 Å². The van der Waals surface area contributed by atoms with Gasteiger partial charge in [0, 0.05) is 92.5 Å². The van der Waals surface area contributed by atoms with E-state index in [1.165, 1.54) is 4.90 Å². The monoisotopic (exact) mass is 963 g/mol. The number of aliphatic hydroxyl groups is 1. The lowest BCUT2D eigenvalue weighted by molar-refractivity contribution is -0.164. The second-order valence-corrected chi connectivity index (χ2v) is 21.5. The highest BCUT2D eigenvalue weighted by Crippen LogP contribution is 2.55. The van der Waals surface area contributed by atoms with Crippen LogP contribution < -0.4 is 25.6 Å². The third kappa shape index (κ3) is 10.2. The molecule has 8 rings (SSSR count). The summed E-state index contributed by atoms with van der Waals surface area (Å²) in [5.74, 6) is 0.712. The molecule has 0 radical (unpaired) electrons. The normalized spacial score (nSPS) is 23.8. The minimum absolute atomic E-state index is 0.0988. The van der Waals surface area contributed by atoms with E-state index in [2.05, 4.69) is 69.5 Å². The van der Waals surface area contributed by atoms with Crippen LogP contribution in [-0.4, -0.2) is 125 Å². The van der Waals surface area contributed by atoms with Gasteiger partial charge in [-0.05, 0) is 42.3 Å². The summed E-state index contributed by atoms with van der Waals surface area (Å²) in [6, 6.07) is 17.3. The maximum absolute atomic E-state index is 14.1. The molecule has 360 valence electrons. The number of pyridine rings is 1. The number of amides is 3. The van der Waals surface area contributed by atoms with Crippen molar-refractivity contribution in [3.63, 3.8) is 0 Å². The van der Waals surface area contributed by atoms with Gasteiger partial charge in [0.05, 0.1) is 51.5 Å². The highest BCUT2D eigenvalue weighted by Gasteiger charge is 2.64. The molecular formula is C51H62ClN9O6S. The standard InChI is InChI=1S/C51H62ClN9O6S/c1-31-42(68-30-56-31)33-10-8-32(9-11-33)26-55-45(64)40-22-37(62)28-61(40)46(65)43-49(2,3)24-36(57-43)29-66-21-20-59-16-18-60(19-17-59)41-15-13-35(27-54-41)44(63)58-47-50(4,5)48(51(47,6)7)67-38-14-12-34(25-53)39(52)23-38/h8-15,23-24,27,30,37,40,43,47-48,57,62H,16-22,26,28-29H2,1-7H3,(H,55,64)(H,58,63)/t37-,40+,43-,47?,48?/m1/s1. The second-order valence-electron chi connectivity index (χ2n) is 20.2. The van der Waals surface area contributed by atoms with E-state index in [1.807, 2.05) is 68.8 Å². The van der Waals surface area contributed by atoms with Crippen LogP contribution in [0.5, 0.6) is 5.75 Å². The summed E-state index contributed by atoms with van der Waals surface area (Å²) in [5, 5.41) is 29.8. The summed E-state index contributed by atoms with van der Waals surface area (Å²) < 4.78 is 12.5. The first-order valence-corrected chi connectivity index (χ1v) is 24.5. The number of aromatic nitrogens is 2. The predicted octanol–water partition coefficient (Wildman–Crippen LogP) is 5.95. The zero-order chi connectivity index (χ0) is 48.5. The summed E-state index contributed by atoms with van der Waals surface area (Å²) in [7, 11) is 0. The topological polar surface area (TPSA) is 185 Å². The van der Waals surface area contributed by atoms with Gasteiger partial charge in [0.2, 0.25) is 11.8 Å². The number of piperazine rings is 1. The van der Waals surface area contributed by atoms with Crippen molar-refractivity contribution >= 4 is 46.5 Å². The number of anilines is 1. The molecule has 0 bridgehead atoms. The number of thiazole rings is 1. The second kappa shape index (κ2) is 19.8. The number of nitrogens with one attached hydrogen (secondary N) is 3. The molecule has 0 spiro atoms. The smallest absolute Gasteiger partial charge is 0.253 e. The average Bonchev–Trinajstić information content (AvgIpc) is 4.03. The number of hydrogen-bond acceptors (Lipinski definition) is 13. The minimum Gasteiger partial charge on any atom is -0.489 e. The Hall–Kier alpha value is -5.57. The zero-order valence-corrected chi connectivity index (χ0v) is 41.4. The van der Waals surface area contributed by atoms with E-state index >= 15 is 0 Å². The molecule has 4 aromatic rings. The lowest BCUT2D eigenvalue weighted by atomic mass is 9.49.